The largest absolute Gasteiger partial charge is 0.492 e. The Hall–Kier alpha value is -1.36. The summed E-state index contributed by atoms with van der Waals surface area (Å²) in [6, 6.07) is 4.87. The fourth-order valence-electron chi connectivity index (χ4n) is 1.10. The summed E-state index contributed by atoms with van der Waals surface area (Å²) in [5, 5.41) is 0. The van der Waals surface area contributed by atoms with Crippen molar-refractivity contribution in [2.75, 3.05) is 24.3 Å². The smallest absolute Gasteiger partial charge is 0.252 e. The second-order valence-electron chi connectivity index (χ2n) is 2.96. The number of anilines is 1. The SMILES string of the molecule is CSCCOc1ccc(N)cc1C(N)=O. The van der Waals surface area contributed by atoms with Gasteiger partial charge in [0, 0.05) is 11.4 Å². The third-order valence-corrected chi connectivity index (χ3v) is 2.39. The van der Waals surface area contributed by atoms with E-state index in [0.29, 0.717) is 23.6 Å². The van der Waals surface area contributed by atoms with E-state index >= 15 is 0 Å². The molecule has 0 atom stereocenters. The van der Waals surface area contributed by atoms with Gasteiger partial charge >= 0.3 is 0 Å². The van der Waals surface area contributed by atoms with Crippen molar-refractivity contribution in [3.8, 4) is 5.75 Å². The summed E-state index contributed by atoms with van der Waals surface area (Å²) in [6.07, 6.45) is 1.99. The van der Waals surface area contributed by atoms with Gasteiger partial charge in [-0.2, -0.15) is 11.8 Å². The van der Waals surface area contributed by atoms with Gasteiger partial charge in [-0.3, -0.25) is 4.79 Å². The van der Waals surface area contributed by atoms with E-state index in [-0.39, 0.29) is 0 Å². The average molecular weight is 226 g/mol. The van der Waals surface area contributed by atoms with Crippen LogP contribution in [-0.2, 0) is 0 Å². The van der Waals surface area contributed by atoms with Gasteiger partial charge in [-0.25, -0.2) is 0 Å². The van der Waals surface area contributed by atoms with Gasteiger partial charge in [0.2, 0.25) is 0 Å². The van der Waals surface area contributed by atoms with Crippen molar-refractivity contribution in [3.05, 3.63) is 23.8 Å². The van der Waals surface area contributed by atoms with Crippen molar-refractivity contribution < 1.29 is 9.53 Å². The zero-order valence-corrected chi connectivity index (χ0v) is 9.34. The molecule has 0 aliphatic heterocycles. The van der Waals surface area contributed by atoms with E-state index in [1.54, 1.807) is 23.9 Å². The van der Waals surface area contributed by atoms with E-state index in [4.69, 9.17) is 16.2 Å². The van der Waals surface area contributed by atoms with Crippen LogP contribution in [0.5, 0.6) is 5.75 Å². The van der Waals surface area contributed by atoms with Gasteiger partial charge < -0.3 is 16.2 Å². The molecule has 0 heterocycles. The number of hydrogen-bond donors (Lipinski definition) is 2. The number of hydrogen-bond acceptors (Lipinski definition) is 4. The van der Waals surface area contributed by atoms with E-state index in [0.717, 1.165) is 5.75 Å². The van der Waals surface area contributed by atoms with Crippen LogP contribution < -0.4 is 16.2 Å². The highest BCUT2D eigenvalue weighted by Crippen LogP contribution is 2.20. The quantitative estimate of drug-likeness (QED) is 0.582. The van der Waals surface area contributed by atoms with Crippen LogP contribution in [0, 0.1) is 0 Å². The summed E-state index contributed by atoms with van der Waals surface area (Å²) in [4.78, 5) is 11.1. The van der Waals surface area contributed by atoms with Crippen molar-refractivity contribution in [2.24, 2.45) is 5.73 Å². The zero-order valence-electron chi connectivity index (χ0n) is 8.53. The normalized spacial score (nSPS) is 9.93. The summed E-state index contributed by atoms with van der Waals surface area (Å²) in [5.74, 6) is 0.829. The number of carbonyl (C=O) groups excluding carboxylic acids is 1. The summed E-state index contributed by atoms with van der Waals surface area (Å²) < 4.78 is 5.42. The highest BCUT2D eigenvalue weighted by Gasteiger charge is 2.09. The molecule has 0 aromatic heterocycles. The van der Waals surface area contributed by atoms with Crippen LogP contribution in [0.2, 0.25) is 0 Å². The van der Waals surface area contributed by atoms with E-state index < -0.39 is 5.91 Å². The van der Waals surface area contributed by atoms with Crippen molar-refractivity contribution in [3.63, 3.8) is 0 Å². The van der Waals surface area contributed by atoms with Crippen LogP contribution in [0.25, 0.3) is 0 Å². The molecule has 4 N–H and O–H groups in total. The van der Waals surface area contributed by atoms with Gasteiger partial charge in [0.1, 0.15) is 5.75 Å². The Balaban J connectivity index is 2.81. The van der Waals surface area contributed by atoms with Crippen molar-refractivity contribution >= 4 is 23.4 Å². The first kappa shape index (κ1) is 11.7. The molecule has 0 fully saturated rings. The highest BCUT2D eigenvalue weighted by molar-refractivity contribution is 7.98. The Kier molecular flexibility index (Phi) is 4.30. The van der Waals surface area contributed by atoms with Crippen LogP contribution in [0.3, 0.4) is 0 Å². The number of nitrogen functional groups attached to an aromatic ring is 1. The minimum atomic E-state index is -0.526. The maximum atomic E-state index is 11.1. The molecule has 0 bridgehead atoms. The third kappa shape index (κ3) is 3.36. The fourth-order valence-corrected chi connectivity index (χ4v) is 1.35. The maximum Gasteiger partial charge on any atom is 0.252 e. The molecule has 1 amide bonds. The van der Waals surface area contributed by atoms with Crippen LogP contribution in [0.1, 0.15) is 10.4 Å². The average Bonchev–Trinajstić information content (AvgIpc) is 2.20. The lowest BCUT2D eigenvalue weighted by molar-refractivity contribution is 0.0996. The number of nitrogens with two attached hydrogens (primary N) is 2. The van der Waals surface area contributed by atoms with Crippen molar-refractivity contribution in [1.82, 2.24) is 0 Å². The molecule has 0 saturated heterocycles. The van der Waals surface area contributed by atoms with Crippen LogP contribution in [0.15, 0.2) is 18.2 Å². The fraction of sp³-hybridized carbons (Fsp3) is 0.300. The lowest BCUT2D eigenvalue weighted by Crippen LogP contribution is -2.14. The Labute approximate surface area is 93.0 Å². The minimum absolute atomic E-state index is 0.330. The van der Waals surface area contributed by atoms with Gasteiger partial charge in [0.25, 0.3) is 5.91 Å². The molecule has 82 valence electrons. The number of rotatable bonds is 5. The zero-order chi connectivity index (χ0) is 11.3. The lowest BCUT2D eigenvalue weighted by Gasteiger charge is -2.09. The molecule has 5 heteroatoms. The summed E-state index contributed by atoms with van der Waals surface area (Å²) >= 11 is 1.67. The Bertz CT molecular complexity index is 355. The molecular weight excluding hydrogens is 212 g/mol. The second-order valence-corrected chi connectivity index (χ2v) is 3.95. The molecule has 0 aliphatic rings. The molecule has 1 aromatic rings. The monoisotopic (exact) mass is 226 g/mol. The Morgan fingerprint density at radius 1 is 1.53 bits per heavy atom. The highest BCUT2D eigenvalue weighted by atomic mass is 32.2. The van der Waals surface area contributed by atoms with Gasteiger partial charge in [-0.1, -0.05) is 0 Å². The molecule has 0 aliphatic carbocycles. The van der Waals surface area contributed by atoms with E-state index in [9.17, 15) is 4.79 Å². The van der Waals surface area contributed by atoms with E-state index in [1.807, 2.05) is 6.26 Å². The molecular formula is C10H14N2O2S. The number of carbonyl (C=O) groups is 1. The number of amides is 1. The number of primary amides is 1. The third-order valence-electron chi connectivity index (χ3n) is 1.81. The molecule has 1 aromatic carbocycles. The van der Waals surface area contributed by atoms with Crippen molar-refractivity contribution in [1.29, 1.82) is 0 Å². The molecule has 15 heavy (non-hydrogen) atoms. The predicted molar refractivity (Wildman–Crippen MR) is 63.2 cm³/mol. The topological polar surface area (TPSA) is 78.3 Å². The number of benzene rings is 1. The first-order valence-corrected chi connectivity index (χ1v) is 5.85. The van der Waals surface area contributed by atoms with E-state index in [1.165, 1.54) is 6.07 Å². The number of ether oxygens (including phenoxy) is 1. The van der Waals surface area contributed by atoms with Gasteiger partial charge in [-0.15, -0.1) is 0 Å². The second kappa shape index (κ2) is 5.50. The molecule has 4 nitrogen and oxygen atoms in total. The Morgan fingerprint density at radius 2 is 2.27 bits per heavy atom. The molecule has 0 unspecified atom stereocenters. The molecule has 1 rings (SSSR count). The standard InChI is InChI=1S/C10H14N2O2S/c1-15-5-4-14-9-3-2-7(11)6-8(9)10(12)13/h2-3,6H,4-5,11H2,1H3,(H2,12,13). The molecule has 0 saturated carbocycles. The van der Waals surface area contributed by atoms with E-state index in [2.05, 4.69) is 0 Å². The van der Waals surface area contributed by atoms with Crippen LogP contribution in [-0.4, -0.2) is 24.5 Å². The van der Waals surface area contributed by atoms with Gasteiger partial charge in [0.15, 0.2) is 0 Å². The summed E-state index contributed by atoms with van der Waals surface area (Å²) in [7, 11) is 0. The molecule has 0 spiro atoms. The van der Waals surface area contributed by atoms with Gasteiger partial charge in [-0.05, 0) is 24.5 Å². The first-order valence-electron chi connectivity index (χ1n) is 4.46. The summed E-state index contributed by atoms with van der Waals surface area (Å²) in [5.41, 5.74) is 11.6. The van der Waals surface area contributed by atoms with Gasteiger partial charge in [0.05, 0.1) is 12.2 Å². The lowest BCUT2D eigenvalue weighted by atomic mass is 10.1. The summed E-state index contributed by atoms with van der Waals surface area (Å²) in [6.45, 7) is 0.547. The molecule has 0 radical (unpaired) electrons. The van der Waals surface area contributed by atoms with Crippen LogP contribution in [0.4, 0.5) is 5.69 Å². The number of thioether (sulfide) groups is 1. The van der Waals surface area contributed by atoms with Crippen molar-refractivity contribution in [2.45, 2.75) is 0 Å². The van der Waals surface area contributed by atoms with Crippen LogP contribution >= 0.6 is 11.8 Å². The Morgan fingerprint density at radius 3 is 2.87 bits per heavy atom. The first-order chi connectivity index (χ1) is 7.15. The predicted octanol–water partition coefficient (Wildman–Crippen LogP) is 1.11. The maximum absolute atomic E-state index is 11.1. The minimum Gasteiger partial charge on any atom is -0.492 e.